The summed E-state index contributed by atoms with van der Waals surface area (Å²) in [7, 11) is 0. The maximum atomic E-state index is 12.1. The number of allylic oxidation sites excluding steroid dienone is 1. The van der Waals surface area contributed by atoms with Crippen molar-refractivity contribution in [2.75, 3.05) is 0 Å². The van der Waals surface area contributed by atoms with Gasteiger partial charge in [-0.25, -0.2) is 0 Å². The number of hydrogen-bond donors (Lipinski definition) is 0. The quantitative estimate of drug-likeness (QED) is 0.524. The molecule has 4 aliphatic rings. The van der Waals surface area contributed by atoms with E-state index in [4.69, 9.17) is 4.74 Å². The lowest BCUT2D eigenvalue weighted by molar-refractivity contribution is -0.137. The van der Waals surface area contributed by atoms with Gasteiger partial charge in [0.25, 0.3) is 0 Å². The van der Waals surface area contributed by atoms with Crippen LogP contribution in [0, 0.1) is 5.92 Å². The number of hydrogen-bond acceptors (Lipinski definition) is 3. The van der Waals surface area contributed by atoms with Crippen molar-refractivity contribution in [1.82, 2.24) is 0 Å². The summed E-state index contributed by atoms with van der Waals surface area (Å²) in [5.41, 5.74) is 0.526. The van der Waals surface area contributed by atoms with Crippen LogP contribution in [-0.4, -0.2) is 23.3 Å². The molecule has 18 heavy (non-hydrogen) atoms. The fourth-order valence-corrected chi connectivity index (χ4v) is 4.31. The number of aldehydes is 1. The smallest absolute Gasteiger partial charge is 0.171 e. The zero-order valence-corrected chi connectivity index (χ0v) is 10.3. The first-order valence-electron chi connectivity index (χ1n) is 6.82. The summed E-state index contributed by atoms with van der Waals surface area (Å²) < 4.78 is 6.20. The van der Waals surface area contributed by atoms with Crippen LogP contribution in [0.1, 0.15) is 38.5 Å². The van der Waals surface area contributed by atoms with E-state index in [2.05, 4.69) is 6.08 Å². The molecule has 1 saturated carbocycles. The minimum absolute atomic E-state index is 0.110. The van der Waals surface area contributed by atoms with Crippen molar-refractivity contribution < 1.29 is 14.3 Å². The molecule has 3 atom stereocenters. The van der Waals surface area contributed by atoms with Crippen LogP contribution in [-0.2, 0) is 14.3 Å². The molecule has 0 saturated heterocycles. The maximum Gasteiger partial charge on any atom is 0.171 e. The highest BCUT2D eigenvalue weighted by Gasteiger charge is 2.57. The average Bonchev–Trinajstić information content (AvgIpc) is 3.00. The summed E-state index contributed by atoms with van der Waals surface area (Å²) in [5, 5.41) is 0. The van der Waals surface area contributed by atoms with E-state index in [0.717, 1.165) is 38.4 Å². The van der Waals surface area contributed by atoms with E-state index >= 15 is 0 Å². The predicted octanol–water partition coefficient (Wildman–Crippen LogP) is 2.11. The van der Waals surface area contributed by atoms with Crippen molar-refractivity contribution in [2.24, 2.45) is 5.92 Å². The molecule has 1 fully saturated rings. The lowest BCUT2D eigenvalue weighted by Crippen LogP contribution is -2.41. The van der Waals surface area contributed by atoms with Crippen molar-refractivity contribution in [3.05, 3.63) is 23.3 Å². The Morgan fingerprint density at radius 2 is 2.22 bits per heavy atom. The van der Waals surface area contributed by atoms with Crippen molar-refractivity contribution >= 4 is 12.1 Å². The minimum atomic E-state index is -1.05. The molecule has 4 rings (SSSR count). The van der Waals surface area contributed by atoms with Crippen LogP contribution in [0.2, 0.25) is 0 Å². The van der Waals surface area contributed by atoms with E-state index in [-0.39, 0.29) is 11.4 Å². The zero-order valence-electron chi connectivity index (χ0n) is 10.3. The lowest BCUT2D eigenvalue weighted by Gasteiger charge is -2.32. The Labute approximate surface area is 106 Å². The van der Waals surface area contributed by atoms with E-state index in [0.29, 0.717) is 17.9 Å². The fourth-order valence-electron chi connectivity index (χ4n) is 4.31. The van der Waals surface area contributed by atoms with Gasteiger partial charge in [-0.2, -0.15) is 0 Å². The minimum Gasteiger partial charge on any atom is -0.348 e. The Morgan fingerprint density at radius 1 is 1.33 bits per heavy atom. The molecule has 2 aliphatic heterocycles. The number of rotatable bonds is 1. The molecule has 3 nitrogen and oxygen atoms in total. The average molecular weight is 244 g/mol. The van der Waals surface area contributed by atoms with Gasteiger partial charge in [0, 0.05) is 12.0 Å². The Hall–Kier alpha value is -1.22. The molecule has 0 N–H and O–H groups in total. The Morgan fingerprint density at radius 3 is 3.06 bits per heavy atom. The van der Waals surface area contributed by atoms with Gasteiger partial charge in [-0.1, -0.05) is 11.6 Å². The molecule has 0 radical (unpaired) electrons. The molecule has 2 bridgehead atoms. The Kier molecular flexibility index (Phi) is 1.90. The highest BCUT2D eigenvalue weighted by molar-refractivity contribution is 6.05. The summed E-state index contributed by atoms with van der Waals surface area (Å²) in [6.07, 6.45) is 10.3. The number of fused-ring (bicyclic) bond motifs is 2. The summed E-state index contributed by atoms with van der Waals surface area (Å²) in [4.78, 5) is 23.7. The summed E-state index contributed by atoms with van der Waals surface area (Å²) >= 11 is 0. The predicted molar refractivity (Wildman–Crippen MR) is 65.0 cm³/mol. The van der Waals surface area contributed by atoms with Crippen LogP contribution >= 0.6 is 0 Å². The van der Waals surface area contributed by atoms with Gasteiger partial charge in [-0.15, -0.1) is 0 Å². The molecular weight excluding hydrogens is 228 g/mol. The molecule has 0 aromatic rings. The zero-order chi connectivity index (χ0) is 12.4. The number of Topliss-reactive ketones (excluding diaryl/α,β-unsaturated/α-hetero) is 1. The van der Waals surface area contributed by atoms with Crippen LogP contribution < -0.4 is 0 Å². The molecular formula is C15H16O3. The normalized spacial score (nSPS) is 45.1. The highest BCUT2D eigenvalue weighted by Crippen LogP contribution is 2.55. The van der Waals surface area contributed by atoms with Crippen LogP contribution in [0.15, 0.2) is 23.3 Å². The van der Waals surface area contributed by atoms with Gasteiger partial charge in [0.15, 0.2) is 17.7 Å². The van der Waals surface area contributed by atoms with Crippen LogP contribution in [0.25, 0.3) is 0 Å². The van der Waals surface area contributed by atoms with E-state index in [1.165, 1.54) is 5.57 Å². The molecule has 0 aromatic heterocycles. The van der Waals surface area contributed by atoms with Crippen molar-refractivity contribution in [2.45, 2.75) is 49.7 Å². The van der Waals surface area contributed by atoms with E-state index in [1.807, 2.05) is 6.08 Å². The molecule has 2 heterocycles. The molecule has 0 unspecified atom stereocenters. The Balaban J connectivity index is 1.92. The van der Waals surface area contributed by atoms with Gasteiger partial charge in [0.05, 0.1) is 5.60 Å². The SMILES string of the molecule is O=C[C@@]12C=C[C@]3(CCC[C@H]3CC3=C1C(=O)CC3)O2. The topological polar surface area (TPSA) is 43.4 Å². The van der Waals surface area contributed by atoms with E-state index in [9.17, 15) is 9.59 Å². The fraction of sp³-hybridized carbons (Fsp3) is 0.600. The second kappa shape index (κ2) is 3.21. The monoisotopic (exact) mass is 244 g/mol. The van der Waals surface area contributed by atoms with Gasteiger partial charge in [-0.05, 0) is 44.1 Å². The first kappa shape index (κ1) is 10.7. The number of carbonyl (C=O) groups excluding carboxylic acids is 2. The van der Waals surface area contributed by atoms with Crippen LogP contribution in [0.4, 0.5) is 0 Å². The molecule has 2 aliphatic carbocycles. The third-order valence-corrected chi connectivity index (χ3v) is 5.13. The summed E-state index contributed by atoms with van der Waals surface area (Å²) in [6.45, 7) is 0. The third kappa shape index (κ3) is 1.09. The van der Waals surface area contributed by atoms with Gasteiger partial charge in [-0.3, -0.25) is 9.59 Å². The van der Waals surface area contributed by atoms with E-state index < -0.39 is 5.60 Å². The van der Waals surface area contributed by atoms with Crippen LogP contribution in [0.3, 0.4) is 0 Å². The molecule has 94 valence electrons. The number of carbonyl (C=O) groups is 2. The summed E-state index contributed by atoms with van der Waals surface area (Å²) in [6, 6.07) is 0. The third-order valence-electron chi connectivity index (χ3n) is 5.13. The second-order valence-electron chi connectivity index (χ2n) is 6.00. The van der Waals surface area contributed by atoms with Crippen molar-refractivity contribution in [1.29, 1.82) is 0 Å². The highest BCUT2D eigenvalue weighted by atomic mass is 16.5. The largest absolute Gasteiger partial charge is 0.348 e. The molecule has 0 amide bonds. The van der Waals surface area contributed by atoms with Crippen molar-refractivity contribution in [3.63, 3.8) is 0 Å². The van der Waals surface area contributed by atoms with Gasteiger partial charge < -0.3 is 4.74 Å². The number of ether oxygens (including phenoxy) is 1. The molecule has 0 aromatic carbocycles. The standard InChI is InChI=1S/C15H16O3/c16-9-15-7-6-14(18-15)5-1-2-11(14)8-10-3-4-12(17)13(10)15/h6-7,9,11H,1-5,8H2/t11-,14-,15-/m0/s1. The van der Waals surface area contributed by atoms with Gasteiger partial charge in [0.2, 0.25) is 0 Å². The second-order valence-corrected chi connectivity index (χ2v) is 6.00. The van der Waals surface area contributed by atoms with Crippen LogP contribution in [0.5, 0.6) is 0 Å². The van der Waals surface area contributed by atoms with Crippen molar-refractivity contribution in [3.8, 4) is 0 Å². The molecule has 3 heteroatoms. The Bertz CT molecular complexity index is 516. The lowest BCUT2D eigenvalue weighted by atomic mass is 9.82. The summed E-state index contributed by atoms with van der Waals surface area (Å²) in [5.74, 6) is 0.563. The first-order valence-corrected chi connectivity index (χ1v) is 6.82. The molecule has 1 spiro atoms. The first-order chi connectivity index (χ1) is 8.69. The van der Waals surface area contributed by atoms with Gasteiger partial charge in [0.1, 0.15) is 0 Å². The van der Waals surface area contributed by atoms with E-state index in [1.54, 1.807) is 0 Å². The number of ketones is 1. The maximum absolute atomic E-state index is 12.1. The van der Waals surface area contributed by atoms with Gasteiger partial charge >= 0.3 is 0 Å².